The molecule has 2 rings (SSSR count). The predicted molar refractivity (Wildman–Crippen MR) is 79.6 cm³/mol. The summed E-state index contributed by atoms with van der Waals surface area (Å²) in [5.41, 5.74) is 2.03. The molecular formula is C14H14N4O3. The van der Waals surface area contributed by atoms with Crippen LogP contribution in [-0.4, -0.2) is 22.9 Å². The fourth-order valence-electron chi connectivity index (χ4n) is 1.86. The van der Waals surface area contributed by atoms with E-state index >= 15 is 0 Å². The zero-order valence-corrected chi connectivity index (χ0v) is 11.6. The van der Waals surface area contributed by atoms with Crippen molar-refractivity contribution >= 4 is 23.0 Å². The van der Waals surface area contributed by atoms with Crippen molar-refractivity contribution in [2.75, 3.05) is 17.7 Å². The van der Waals surface area contributed by atoms with Crippen LogP contribution in [-0.2, 0) is 0 Å². The summed E-state index contributed by atoms with van der Waals surface area (Å²) in [6.07, 6.45) is 3.22. The summed E-state index contributed by atoms with van der Waals surface area (Å²) in [7, 11) is 1.56. The second kappa shape index (κ2) is 6.00. The van der Waals surface area contributed by atoms with Gasteiger partial charge in [-0.15, -0.1) is 0 Å². The summed E-state index contributed by atoms with van der Waals surface area (Å²) < 4.78 is 0. The average molecular weight is 286 g/mol. The molecule has 1 aromatic carbocycles. The highest BCUT2D eigenvalue weighted by Gasteiger charge is 2.16. The number of hydrogen-bond acceptors (Lipinski definition) is 5. The number of carbonyl (C=O) groups is 1. The highest BCUT2D eigenvalue weighted by atomic mass is 16.6. The standard InChI is InChI=1S/C14H14N4O3/c1-9-5-11(8-16-7-9)17-14(19)10-3-4-13(18(20)21)12(6-10)15-2/h3-8,15H,1-2H3,(H,17,19). The molecular weight excluding hydrogens is 272 g/mol. The number of aromatic nitrogens is 1. The van der Waals surface area contributed by atoms with E-state index in [4.69, 9.17) is 0 Å². The maximum absolute atomic E-state index is 12.1. The summed E-state index contributed by atoms with van der Waals surface area (Å²) >= 11 is 0. The van der Waals surface area contributed by atoms with E-state index in [1.165, 1.54) is 24.4 Å². The summed E-state index contributed by atoms with van der Waals surface area (Å²) in [6, 6.07) is 5.94. The summed E-state index contributed by atoms with van der Waals surface area (Å²) in [5, 5.41) is 16.3. The molecule has 0 aliphatic carbocycles. The zero-order chi connectivity index (χ0) is 15.4. The molecule has 1 amide bonds. The van der Waals surface area contributed by atoms with Gasteiger partial charge in [0, 0.05) is 24.9 Å². The van der Waals surface area contributed by atoms with Crippen molar-refractivity contribution in [3.05, 3.63) is 57.9 Å². The second-order valence-corrected chi connectivity index (χ2v) is 4.44. The molecule has 0 aliphatic rings. The number of aryl methyl sites for hydroxylation is 1. The first-order valence-electron chi connectivity index (χ1n) is 6.20. The van der Waals surface area contributed by atoms with Gasteiger partial charge in [-0.05, 0) is 30.7 Å². The second-order valence-electron chi connectivity index (χ2n) is 4.44. The molecule has 0 unspecified atom stereocenters. The van der Waals surface area contributed by atoms with E-state index in [-0.39, 0.29) is 17.3 Å². The maximum atomic E-state index is 12.1. The highest BCUT2D eigenvalue weighted by molar-refractivity contribution is 6.05. The number of carbonyl (C=O) groups excluding carboxylic acids is 1. The Balaban J connectivity index is 2.25. The SMILES string of the molecule is CNc1cc(C(=O)Nc2cncc(C)c2)ccc1[N+](=O)[O-]. The molecule has 1 heterocycles. The molecule has 7 nitrogen and oxygen atoms in total. The molecule has 0 fully saturated rings. The van der Waals surface area contributed by atoms with Gasteiger partial charge in [-0.25, -0.2) is 0 Å². The Morgan fingerprint density at radius 1 is 1.29 bits per heavy atom. The zero-order valence-electron chi connectivity index (χ0n) is 11.6. The van der Waals surface area contributed by atoms with Gasteiger partial charge >= 0.3 is 0 Å². The summed E-state index contributed by atoms with van der Waals surface area (Å²) in [4.78, 5) is 26.5. The van der Waals surface area contributed by atoms with Crippen LogP contribution in [0.1, 0.15) is 15.9 Å². The van der Waals surface area contributed by atoms with E-state index in [2.05, 4.69) is 15.6 Å². The minimum absolute atomic E-state index is 0.0775. The molecule has 7 heteroatoms. The van der Waals surface area contributed by atoms with Crippen LogP contribution in [0.25, 0.3) is 0 Å². The lowest BCUT2D eigenvalue weighted by Gasteiger charge is -2.07. The molecule has 108 valence electrons. The first-order valence-corrected chi connectivity index (χ1v) is 6.20. The first kappa shape index (κ1) is 14.4. The van der Waals surface area contributed by atoms with E-state index in [0.717, 1.165) is 5.56 Å². The van der Waals surface area contributed by atoms with Gasteiger partial charge in [0.25, 0.3) is 11.6 Å². The molecule has 0 saturated heterocycles. The van der Waals surface area contributed by atoms with Crippen LogP contribution in [0.4, 0.5) is 17.1 Å². The molecule has 2 aromatic rings. The molecule has 0 bridgehead atoms. The lowest BCUT2D eigenvalue weighted by molar-refractivity contribution is -0.383. The topological polar surface area (TPSA) is 97.2 Å². The minimum atomic E-state index is -0.502. The number of nitro groups is 1. The quantitative estimate of drug-likeness (QED) is 0.665. The van der Waals surface area contributed by atoms with E-state index in [0.29, 0.717) is 11.3 Å². The minimum Gasteiger partial charge on any atom is -0.383 e. The summed E-state index contributed by atoms with van der Waals surface area (Å²) in [6.45, 7) is 1.87. The van der Waals surface area contributed by atoms with Gasteiger partial charge in [-0.2, -0.15) is 0 Å². The fraction of sp³-hybridized carbons (Fsp3) is 0.143. The molecule has 21 heavy (non-hydrogen) atoms. The Bertz CT molecular complexity index is 700. The lowest BCUT2D eigenvalue weighted by Crippen LogP contribution is -2.12. The third kappa shape index (κ3) is 3.33. The van der Waals surface area contributed by atoms with Gasteiger partial charge in [0.15, 0.2) is 0 Å². The van der Waals surface area contributed by atoms with E-state index in [1.54, 1.807) is 19.3 Å². The normalized spacial score (nSPS) is 10.0. The fourth-order valence-corrected chi connectivity index (χ4v) is 1.86. The van der Waals surface area contributed by atoms with Crippen LogP contribution in [0.2, 0.25) is 0 Å². The largest absolute Gasteiger partial charge is 0.383 e. The Morgan fingerprint density at radius 2 is 2.05 bits per heavy atom. The Morgan fingerprint density at radius 3 is 2.67 bits per heavy atom. The number of rotatable bonds is 4. The smallest absolute Gasteiger partial charge is 0.292 e. The molecule has 0 spiro atoms. The number of hydrogen-bond donors (Lipinski definition) is 2. The Hall–Kier alpha value is -2.96. The van der Waals surface area contributed by atoms with Gasteiger partial charge in [0.05, 0.1) is 16.8 Å². The molecule has 0 aliphatic heterocycles. The van der Waals surface area contributed by atoms with Gasteiger partial charge in [0.2, 0.25) is 0 Å². The van der Waals surface area contributed by atoms with E-state index in [1.807, 2.05) is 6.92 Å². The average Bonchev–Trinajstić information content (AvgIpc) is 2.46. The van der Waals surface area contributed by atoms with Gasteiger partial charge in [-0.3, -0.25) is 19.9 Å². The van der Waals surface area contributed by atoms with Crippen molar-refractivity contribution in [1.82, 2.24) is 4.98 Å². The maximum Gasteiger partial charge on any atom is 0.292 e. The number of amides is 1. The number of nitrogens with one attached hydrogen (secondary N) is 2. The lowest BCUT2D eigenvalue weighted by atomic mass is 10.1. The number of pyridine rings is 1. The first-order chi connectivity index (χ1) is 10.0. The number of benzene rings is 1. The predicted octanol–water partition coefficient (Wildman–Crippen LogP) is 2.59. The van der Waals surface area contributed by atoms with Crippen molar-refractivity contribution in [2.45, 2.75) is 6.92 Å². The van der Waals surface area contributed by atoms with Gasteiger partial charge in [0.1, 0.15) is 5.69 Å². The van der Waals surface area contributed by atoms with Crippen LogP contribution < -0.4 is 10.6 Å². The molecule has 1 aromatic heterocycles. The third-order valence-corrected chi connectivity index (χ3v) is 2.86. The molecule has 0 atom stereocenters. The van der Waals surface area contributed by atoms with E-state index in [9.17, 15) is 14.9 Å². The Labute approximate surface area is 121 Å². The van der Waals surface area contributed by atoms with Crippen LogP contribution in [0, 0.1) is 17.0 Å². The van der Waals surface area contributed by atoms with Crippen LogP contribution in [0.3, 0.4) is 0 Å². The molecule has 0 radical (unpaired) electrons. The van der Waals surface area contributed by atoms with Crippen molar-refractivity contribution in [1.29, 1.82) is 0 Å². The van der Waals surface area contributed by atoms with E-state index < -0.39 is 4.92 Å². The molecule has 0 saturated carbocycles. The van der Waals surface area contributed by atoms with Crippen molar-refractivity contribution in [2.24, 2.45) is 0 Å². The molecule has 2 N–H and O–H groups in total. The monoisotopic (exact) mass is 286 g/mol. The van der Waals surface area contributed by atoms with Crippen molar-refractivity contribution < 1.29 is 9.72 Å². The highest BCUT2D eigenvalue weighted by Crippen LogP contribution is 2.25. The number of nitrogens with zero attached hydrogens (tertiary/aromatic N) is 2. The third-order valence-electron chi connectivity index (χ3n) is 2.86. The number of anilines is 2. The number of nitro benzene ring substituents is 1. The van der Waals surface area contributed by atoms with Crippen LogP contribution in [0.5, 0.6) is 0 Å². The van der Waals surface area contributed by atoms with Crippen LogP contribution >= 0.6 is 0 Å². The van der Waals surface area contributed by atoms with Crippen LogP contribution in [0.15, 0.2) is 36.7 Å². The summed E-state index contributed by atoms with van der Waals surface area (Å²) in [5.74, 6) is -0.353. The van der Waals surface area contributed by atoms with Gasteiger partial charge < -0.3 is 10.6 Å². The van der Waals surface area contributed by atoms with Gasteiger partial charge in [-0.1, -0.05) is 0 Å². The van der Waals surface area contributed by atoms with Crippen molar-refractivity contribution in [3.63, 3.8) is 0 Å². The van der Waals surface area contributed by atoms with Crippen molar-refractivity contribution in [3.8, 4) is 0 Å². The Kier molecular flexibility index (Phi) is 4.13.